The zero-order valence-electron chi connectivity index (χ0n) is 18.2. The quantitative estimate of drug-likeness (QED) is 0.396. The fraction of sp³-hybridized carbons (Fsp3) is 0.148. The number of ether oxygens (including phenoxy) is 1. The summed E-state index contributed by atoms with van der Waals surface area (Å²) in [6.45, 7) is 2.05. The smallest absolute Gasteiger partial charge is 0.416 e. The summed E-state index contributed by atoms with van der Waals surface area (Å²) in [4.78, 5) is 23.8. The highest BCUT2D eigenvalue weighted by Crippen LogP contribution is 2.44. The van der Waals surface area contributed by atoms with E-state index in [1.807, 2.05) is 85.8 Å². The first kappa shape index (κ1) is 20.7. The zero-order chi connectivity index (χ0) is 22.6. The molecule has 1 fully saturated rings. The van der Waals surface area contributed by atoms with Gasteiger partial charge in [0.2, 0.25) is 5.95 Å². The molecule has 0 aliphatic carbocycles. The molecule has 0 radical (unpaired) electrons. The second kappa shape index (κ2) is 9.12. The van der Waals surface area contributed by atoms with Crippen molar-refractivity contribution in [1.29, 1.82) is 0 Å². The summed E-state index contributed by atoms with van der Waals surface area (Å²) in [6, 6.07) is 31.2. The van der Waals surface area contributed by atoms with Crippen LogP contribution >= 0.6 is 0 Å². The molecule has 1 aliphatic heterocycles. The Balaban J connectivity index is 1.49. The van der Waals surface area contributed by atoms with Crippen LogP contribution in [-0.4, -0.2) is 16.1 Å². The first-order valence-electron chi connectivity index (χ1n) is 10.9. The summed E-state index contributed by atoms with van der Waals surface area (Å²) >= 11 is 0. The molecule has 6 heteroatoms. The summed E-state index contributed by atoms with van der Waals surface area (Å²) in [5, 5.41) is 3.33. The van der Waals surface area contributed by atoms with Crippen molar-refractivity contribution >= 4 is 17.9 Å². The Kier molecular flexibility index (Phi) is 5.72. The lowest BCUT2D eigenvalue weighted by Gasteiger charge is -2.25. The minimum atomic E-state index is -0.448. The van der Waals surface area contributed by atoms with E-state index in [0.29, 0.717) is 11.8 Å². The molecule has 3 atom stereocenters. The van der Waals surface area contributed by atoms with E-state index in [2.05, 4.69) is 27.4 Å². The van der Waals surface area contributed by atoms with Crippen LogP contribution in [0, 0.1) is 0 Å². The predicted molar refractivity (Wildman–Crippen MR) is 128 cm³/mol. The van der Waals surface area contributed by atoms with Crippen LogP contribution in [0.4, 0.5) is 16.6 Å². The van der Waals surface area contributed by atoms with Gasteiger partial charge in [-0.2, -0.15) is 4.98 Å². The molecule has 1 amide bonds. The average Bonchev–Trinajstić information content (AvgIpc) is 3.23. The maximum absolute atomic E-state index is 13.1. The molecule has 1 N–H and O–H groups in total. The summed E-state index contributed by atoms with van der Waals surface area (Å²) in [5.74, 6) is 0.941. The number of benzene rings is 3. The summed E-state index contributed by atoms with van der Waals surface area (Å²) in [7, 11) is 0. The molecular weight excluding hydrogens is 412 g/mol. The van der Waals surface area contributed by atoms with Gasteiger partial charge in [-0.1, -0.05) is 91.0 Å². The number of rotatable bonds is 6. The Morgan fingerprint density at radius 3 is 2.12 bits per heavy atom. The van der Waals surface area contributed by atoms with Crippen molar-refractivity contribution in [1.82, 2.24) is 9.97 Å². The third-order valence-corrected chi connectivity index (χ3v) is 5.79. The third kappa shape index (κ3) is 4.28. The van der Waals surface area contributed by atoms with E-state index >= 15 is 0 Å². The van der Waals surface area contributed by atoms with E-state index < -0.39 is 12.2 Å². The van der Waals surface area contributed by atoms with Crippen molar-refractivity contribution in [3.8, 4) is 0 Å². The molecule has 6 nitrogen and oxygen atoms in total. The van der Waals surface area contributed by atoms with Gasteiger partial charge >= 0.3 is 6.09 Å². The monoisotopic (exact) mass is 436 g/mol. The normalized spacial score (nSPS) is 18.6. The molecule has 2 heterocycles. The molecule has 0 unspecified atom stereocenters. The highest BCUT2D eigenvalue weighted by Gasteiger charge is 2.45. The van der Waals surface area contributed by atoms with Gasteiger partial charge in [-0.15, -0.1) is 0 Å². The number of carbonyl (C=O) groups is 1. The lowest BCUT2D eigenvalue weighted by Crippen LogP contribution is -2.29. The summed E-state index contributed by atoms with van der Waals surface area (Å²) < 4.78 is 5.88. The fourth-order valence-corrected chi connectivity index (χ4v) is 4.15. The van der Waals surface area contributed by atoms with Gasteiger partial charge in [0.05, 0.1) is 6.04 Å². The van der Waals surface area contributed by atoms with Gasteiger partial charge in [-0.25, -0.2) is 14.7 Å². The third-order valence-electron chi connectivity index (χ3n) is 5.79. The van der Waals surface area contributed by atoms with E-state index in [0.717, 1.165) is 16.7 Å². The van der Waals surface area contributed by atoms with Crippen molar-refractivity contribution in [2.24, 2.45) is 0 Å². The van der Waals surface area contributed by atoms with Gasteiger partial charge in [0, 0.05) is 6.20 Å². The van der Waals surface area contributed by atoms with E-state index in [9.17, 15) is 4.79 Å². The standard InChI is InChI=1S/C27H24N4O2/c1-19(20-11-5-2-6-12-20)29-26-28-18-17-23(30-26)31-24(21-13-7-3-8-14-21)25(33-27(31)32)22-15-9-4-10-16-22/h2-19,24-25H,1H3,(H,28,29,30)/t19-,24+,25-/m0/s1. The highest BCUT2D eigenvalue weighted by atomic mass is 16.6. The Bertz CT molecular complexity index is 1220. The number of carbonyl (C=O) groups excluding carboxylic acids is 1. The van der Waals surface area contributed by atoms with Crippen LogP contribution in [-0.2, 0) is 4.74 Å². The predicted octanol–water partition coefficient (Wildman–Crippen LogP) is 6.09. The molecule has 1 saturated heterocycles. The number of amides is 1. The average molecular weight is 437 g/mol. The van der Waals surface area contributed by atoms with Crippen molar-refractivity contribution in [2.45, 2.75) is 25.1 Å². The van der Waals surface area contributed by atoms with E-state index in [4.69, 9.17) is 4.74 Å². The van der Waals surface area contributed by atoms with Gasteiger partial charge in [0.25, 0.3) is 0 Å². The number of hydrogen-bond acceptors (Lipinski definition) is 5. The van der Waals surface area contributed by atoms with Crippen molar-refractivity contribution in [2.75, 3.05) is 10.2 Å². The molecule has 0 saturated carbocycles. The van der Waals surface area contributed by atoms with Gasteiger partial charge in [0.15, 0.2) is 6.10 Å². The van der Waals surface area contributed by atoms with Crippen LogP contribution in [0.1, 0.15) is 41.8 Å². The number of nitrogens with one attached hydrogen (secondary N) is 1. The topological polar surface area (TPSA) is 67.4 Å². The maximum atomic E-state index is 13.1. The largest absolute Gasteiger partial charge is 0.438 e. The minimum absolute atomic E-state index is 0.00830. The number of cyclic esters (lactones) is 1. The van der Waals surface area contributed by atoms with Crippen molar-refractivity contribution < 1.29 is 9.53 Å². The Hall–Kier alpha value is -4.19. The Morgan fingerprint density at radius 2 is 1.45 bits per heavy atom. The highest BCUT2D eigenvalue weighted by molar-refractivity contribution is 5.90. The van der Waals surface area contributed by atoms with Gasteiger partial charge in [0.1, 0.15) is 11.9 Å². The molecule has 33 heavy (non-hydrogen) atoms. The van der Waals surface area contributed by atoms with Crippen molar-refractivity contribution in [3.05, 3.63) is 120 Å². The van der Waals surface area contributed by atoms with Crippen LogP contribution < -0.4 is 10.2 Å². The Labute approximate surface area is 192 Å². The van der Waals surface area contributed by atoms with Crippen LogP contribution in [0.25, 0.3) is 0 Å². The second-order valence-corrected chi connectivity index (χ2v) is 7.96. The molecule has 1 aromatic heterocycles. The number of anilines is 2. The van der Waals surface area contributed by atoms with E-state index in [1.54, 1.807) is 17.2 Å². The fourth-order valence-electron chi connectivity index (χ4n) is 4.15. The van der Waals surface area contributed by atoms with Crippen molar-refractivity contribution in [3.63, 3.8) is 0 Å². The first-order chi connectivity index (χ1) is 16.2. The lowest BCUT2D eigenvalue weighted by atomic mass is 9.95. The molecule has 0 spiro atoms. The lowest BCUT2D eigenvalue weighted by molar-refractivity contribution is 0.132. The van der Waals surface area contributed by atoms with Gasteiger partial charge in [-0.3, -0.25) is 0 Å². The zero-order valence-corrected chi connectivity index (χ0v) is 18.2. The van der Waals surface area contributed by atoms with Crippen LogP contribution in [0.2, 0.25) is 0 Å². The van der Waals surface area contributed by atoms with Crippen LogP contribution in [0.15, 0.2) is 103 Å². The molecule has 5 rings (SSSR count). The number of hydrogen-bond donors (Lipinski definition) is 1. The molecule has 164 valence electrons. The van der Waals surface area contributed by atoms with Crippen LogP contribution in [0.5, 0.6) is 0 Å². The Morgan fingerprint density at radius 1 is 0.848 bits per heavy atom. The second-order valence-electron chi connectivity index (χ2n) is 7.96. The number of nitrogens with zero attached hydrogens (tertiary/aromatic N) is 3. The van der Waals surface area contributed by atoms with Crippen LogP contribution in [0.3, 0.4) is 0 Å². The van der Waals surface area contributed by atoms with E-state index in [1.165, 1.54) is 0 Å². The molecule has 3 aromatic carbocycles. The first-order valence-corrected chi connectivity index (χ1v) is 10.9. The number of aromatic nitrogens is 2. The molecule has 4 aromatic rings. The van der Waals surface area contributed by atoms with E-state index in [-0.39, 0.29) is 12.1 Å². The molecular formula is C27H24N4O2. The van der Waals surface area contributed by atoms with Gasteiger partial charge in [-0.05, 0) is 29.7 Å². The van der Waals surface area contributed by atoms with Gasteiger partial charge < -0.3 is 10.1 Å². The maximum Gasteiger partial charge on any atom is 0.416 e. The summed E-state index contributed by atoms with van der Waals surface area (Å²) in [5.41, 5.74) is 3.04. The SMILES string of the molecule is C[C@H](Nc1nccc(N2C(=O)O[C@@H](c3ccccc3)[C@H]2c2ccccc2)n1)c1ccccc1. The molecule has 0 bridgehead atoms. The minimum Gasteiger partial charge on any atom is -0.438 e. The summed E-state index contributed by atoms with van der Waals surface area (Å²) in [6.07, 6.45) is 0.780. The molecule has 1 aliphatic rings.